The minimum atomic E-state index is -0.832. The molecule has 2 aromatic carbocycles. The number of fused-ring (bicyclic) bond motifs is 2. The smallest absolute Gasteiger partial charge is 0.337 e. The minimum Gasteiger partial charge on any atom is -0.497 e. The molecule has 3 fully saturated rings. The summed E-state index contributed by atoms with van der Waals surface area (Å²) in [5.41, 5.74) is 1.40. The first kappa shape index (κ1) is 23.5. The number of methoxy groups -OCH3 is 2. The van der Waals surface area contributed by atoms with Gasteiger partial charge in [0.15, 0.2) is 0 Å². The first-order valence-corrected chi connectivity index (χ1v) is 11.7. The molecule has 2 atom stereocenters. The molecule has 9 heteroatoms. The first-order chi connectivity index (χ1) is 16.8. The summed E-state index contributed by atoms with van der Waals surface area (Å²) in [5, 5.41) is 10.4. The molecule has 0 bridgehead atoms. The highest BCUT2D eigenvalue weighted by Gasteiger charge is 2.64. The van der Waals surface area contributed by atoms with Gasteiger partial charge in [0.25, 0.3) is 5.91 Å². The van der Waals surface area contributed by atoms with Crippen LogP contribution in [0.25, 0.3) is 0 Å². The molecular weight excluding hydrogens is 450 g/mol. The lowest BCUT2D eigenvalue weighted by Gasteiger charge is -2.58. The summed E-state index contributed by atoms with van der Waals surface area (Å²) in [5.74, 6) is -0.168. The maximum atomic E-state index is 13.8. The average Bonchev–Trinajstić information content (AvgIpc) is 3.25. The van der Waals surface area contributed by atoms with Crippen molar-refractivity contribution in [2.24, 2.45) is 0 Å². The molecule has 0 unspecified atom stereocenters. The SMILES string of the molecule is COC(=O)c1ccc(CN2C(=O)[C@@H]3C[C@@H](O)CN3C3(CN(Cc4cccc(OC)c4)C3)C2=O)cc1. The highest BCUT2D eigenvalue weighted by molar-refractivity contribution is 6.06. The zero-order valence-corrected chi connectivity index (χ0v) is 19.8. The molecule has 3 aliphatic rings. The number of likely N-dealkylation sites (tertiary alicyclic amines) is 1. The standard InChI is InChI=1S/C26H29N3O6/c1-34-21-5-3-4-18(10-21)12-27-15-26(16-27)25(33)28(23(31)22-11-20(30)14-29(22)26)13-17-6-8-19(9-7-17)24(32)35-2/h3-10,20,22,30H,11-16H2,1-2H3/t20-,22+/m1/s1. The number of esters is 1. The number of piperazine rings is 1. The van der Waals surface area contributed by atoms with Gasteiger partial charge >= 0.3 is 5.97 Å². The summed E-state index contributed by atoms with van der Waals surface area (Å²) >= 11 is 0. The lowest BCUT2D eigenvalue weighted by atomic mass is 9.82. The van der Waals surface area contributed by atoms with E-state index in [-0.39, 0.29) is 18.4 Å². The maximum absolute atomic E-state index is 13.8. The van der Waals surface area contributed by atoms with Crippen molar-refractivity contribution in [1.82, 2.24) is 14.7 Å². The summed E-state index contributed by atoms with van der Waals surface area (Å²) in [7, 11) is 2.95. The topological polar surface area (TPSA) is 99.6 Å². The van der Waals surface area contributed by atoms with Crippen LogP contribution >= 0.6 is 0 Å². The molecule has 3 heterocycles. The Bertz CT molecular complexity index is 1140. The molecule has 2 amide bonds. The van der Waals surface area contributed by atoms with Crippen LogP contribution in [-0.4, -0.2) is 89.1 Å². The van der Waals surface area contributed by atoms with Crippen LogP contribution in [0.3, 0.4) is 0 Å². The quantitative estimate of drug-likeness (QED) is 0.485. The molecule has 0 saturated carbocycles. The molecule has 9 nitrogen and oxygen atoms in total. The van der Waals surface area contributed by atoms with Gasteiger partial charge in [0.2, 0.25) is 5.91 Å². The van der Waals surface area contributed by atoms with E-state index in [9.17, 15) is 19.5 Å². The van der Waals surface area contributed by atoms with Crippen molar-refractivity contribution in [2.75, 3.05) is 33.9 Å². The Morgan fingerprint density at radius 1 is 1.06 bits per heavy atom. The number of aliphatic hydroxyl groups is 1. The Hall–Kier alpha value is -3.27. The van der Waals surface area contributed by atoms with Gasteiger partial charge in [-0.15, -0.1) is 0 Å². The number of carbonyl (C=O) groups is 3. The van der Waals surface area contributed by atoms with E-state index in [4.69, 9.17) is 9.47 Å². The normalized spacial score (nSPS) is 23.8. The fourth-order valence-corrected chi connectivity index (χ4v) is 5.52. The number of aliphatic hydroxyl groups excluding tert-OH is 1. The van der Waals surface area contributed by atoms with Crippen molar-refractivity contribution in [3.63, 3.8) is 0 Å². The second-order valence-electron chi connectivity index (χ2n) is 9.50. The Balaban J connectivity index is 1.35. The fraction of sp³-hybridized carbons (Fsp3) is 0.423. The first-order valence-electron chi connectivity index (χ1n) is 11.7. The van der Waals surface area contributed by atoms with E-state index >= 15 is 0 Å². The Kier molecular flexibility index (Phi) is 6.08. The third kappa shape index (κ3) is 4.09. The number of hydrogen-bond donors (Lipinski definition) is 1. The zero-order chi connectivity index (χ0) is 24.7. The van der Waals surface area contributed by atoms with Gasteiger partial charge in [-0.1, -0.05) is 24.3 Å². The Morgan fingerprint density at radius 2 is 1.80 bits per heavy atom. The summed E-state index contributed by atoms with van der Waals surface area (Å²) in [6.45, 7) is 2.07. The van der Waals surface area contributed by atoms with Gasteiger partial charge in [0.05, 0.1) is 38.5 Å². The number of imide groups is 1. The third-order valence-corrected chi connectivity index (χ3v) is 7.25. The van der Waals surface area contributed by atoms with Crippen LogP contribution in [0, 0.1) is 0 Å². The number of nitrogens with zero attached hydrogens (tertiary/aromatic N) is 3. The van der Waals surface area contributed by atoms with Crippen molar-refractivity contribution in [3.8, 4) is 5.75 Å². The predicted octanol–water partition coefficient (Wildman–Crippen LogP) is 1.04. The van der Waals surface area contributed by atoms with Gasteiger partial charge in [-0.3, -0.25) is 24.3 Å². The van der Waals surface area contributed by atoms with Crippen LogP contribution in [0.1, 0.15) is 27.9 Å². The molecule has 5 rings (SSSR count). The number of ether oxygens (including phenoxy) is 2. The molecule has 3 saturated heterocycles. The van der Waals surface area contributed by atoms with Gasteiger partial charge in [-0.2, -0.15) is 0 Å². The second-order valence-corrected chi connectivity index (χ2v) is 9.50. The molecular formula is C26H29N3O6. The largest absolute Gasteiger partial charge is 0.497 e. The monoisotopic (exact) mass is 479 g/mol. The molecule has 1 spiro atoms. The second kappa shape index (κ2) is 9.07. The van der Waals surface area contributed by atoms with Crippen molar-refractivity contribution in [3.05, 3.63) is 65.2 Å². The van der Waals surface area contributed by atoms with Crippen molar-refractivity contribution < 1.29 is 29.0 Å². The van der Waals surface area contributed by atoms with Crippen LogP contribution in [0.2, 0.25) is 0 Å². The van der Waals surface area contributed by atoms with E-state index in [0.29, 0.717) is 38.2 Å². The van der Waals surface area contributed by atoms with Gasteiger partial charge < -0.3 is 14.6 Å². The summed E-state index contributed by atoms with van der Waals surface area (Å²) in [4.78, 5) is 44.2. The van der Waals surface area contributed by atoms with E-state index in [0.717, 1.165) is 16.9 Å². The summed E-state index contributed by atoms with van der Waals surface area (Å²) in [6, 6.07) is 14.0. The Labute approximate surface area is 203 Å². The molecule has 0 radical (unpaired) electrons. The van der Waals surface area contributed by atoms with Crippen LogP contribution in [0.4, 0.5) is 0 Å². The van der Waals surface area contributed by atoms with Gasteiger partial charge in [-0.25, -0.2) is 4.79 Å². The molecule has 2 aromatic rings. The highest BCUT2D eigenvalue weighted by Crippen LogP contribution is 2.41. The summed E-state index contributed by atoms with van der Waals surface area (Å²) in [6.07, 6.45) is -0.318. The highest BCUT2D eigenvalue weighted by atomic mass is 16.5. The van der Waals surface area contributed by atoms with Crippen molar-refractivity contribution >= 4 is 17.8 Å². The number of benzene rings is 2. The maximum Gasteiger partial charge on any atom is 0.337 e. The molecule has 0 aliphatic carbocycles. The molecule has 3 aliphatic heterocycles. The number of carbonyl (C=O) groups excluding carboxylic acids is 3. The number of hydrogen-bond acceptors (Lipinski definition) is 8. The van der Waals surface area contributed by atoms with Crippen LogP contribution in [0.5, 0.6) is 5.75 Å². The van der Waals surface area contributed by atoms with Gasteiger partial charge in [-0.05, 0) is 41.8 Å². The number of β-amino-alcohol motifs (C(OH)–C–C–N with tert-alkyl or cyclic N) is 1. The zero-order valence-electron chi connectivity index (χ0n) is 19.8. The predicted molar refractivity (Wildman–Crippen MR) is 125 cm³/mol. The van der Waals surface area contributed by atoms with Gasteiger partial charge in [0.1, 0.15) is 11.3 Å². The number of amides is 2. The fourth-order valence-electron chi connectivity index (χ4n) is 5.52. The van der Waals surface area contributed by atoms with Crippen molar-refractivity contribution in [2.45, 2.75) is 37.2 Å². The number of rotatable bonds is 6. The molecule has 0 aromatic heterocycles. The molecule has 1 N–H and O–H groups in total. The van der Waals surface area contributed by atoms with E-state index in [1.165, 1.54) is 12.0 Å². The third-order valence-electron chi connectivity index (χ3n) is 7.25. The van der Waals surface area contributed by atoms with Gasteiger partial charge in [0, 0.05) is 26.2 Å². The van der Waals surface area contributed by atoms with E-state index in [1.54, 1.807) is 31.4 Å². The average molecular weight is 480 g/mol. The molecule has 184 valence electrons. The van der Waals surface area contributed by atoms with Crippen LogP contribution in [-0.2, 0) is 27.4 Å². The summed E-state index contributed by atoms with van der Waals surface area (Å²) < 4.78 is 10.0. The van der Waals surface area contributed by atoms with E-state index in [1.807, 2.05) is 29.2 Å². The van der Waals surface area contributed by atoms with Crippen LogP contribution in [0.15, 0.2) is 48.5 Å². The van der Waals surface area contributed by atoms with E-state index < -0.39 is 23.7 Å². The minimum absolute atomic E-state index is 0.122. The lowest BCUT2D eigenvalue weighted by Crippen LogP contribution is -2.81. The van der Waals surface area contributed by atoms with Crippen molar-refractivity contribution in [1.29, 1.82) is 0 Å². The van der Waals surface area contributed by atoms with Crippen LogP contribution < -0.4 is 4.74 Å². The van der Waals surface area contributed by atoms with E-state index in [2.05, 4.69) is 4.90 Å². The Morgan fingerprint density at radius 3 is 2.49 bits per heavy atom. The lowest BCUT2D eigenvalue weighted by molar-refractivity contribution is -0.181. The molecule has 35 heavy (non-hydrogen) atoms.